The fourth-order valence-electron chi connectivity index (χ4n) is 2.17. The predicted octanol–water partition coefficient (Wildman–Crippen LogP) is 5.00. The smallest absolute Gasteiger partial charge is 0.0109 e. The Balaban J connectivity index is 2.77. The van der Waals surface area contributed by atoms with E-state index < -0.39 is 0 Å². The second-order valence-electron chi connectivity index (χ2n) is 4.44. The highest BCUT2D eigenvalue weighted by Crippen LogP contribution is 2.28. The van der Waals surface area contributed by atoms with Crippen molar-refractivity contribution in [1.29, 1.82) is 0 Å². The van der Waals surface area contributed by atoms with Crippen LogP contribution in [0.15, 0.2) is 42.5 Å². The quantitative estimate of drug-likeness (QED) is 0.654. The van der Waals surface area contributed by atoms with Crippen molar-refractivity contribution in [2.24, 2.45) is 0 Å². The van der Waals surface area contributed by atoms with Gasteiger partial charge in [0.2, 0.25) is 0 Å². The second-order valence-corrected chi connectivity index (χ2v) is 4.44. The SMILES string of the molecule is C/C=C/c1ccc(C(C)C)c2ccccc12. The molecule has 2 aromatic rings. The van der Waals surface area contributed by atoms with Gasteiger partial charge in [0.1, 0.15) is 0 Å². The molecule has 0 aliphatic rings. The topological polar surface area (TPSA) is 0 Å². The molecule has 0 fully saturated rings. The van der Waals surface area contributed by atoms with E-state index in [1.54, 1.807) is 0 Å². The molecule has 0 bridgehead atoms. The molecule has 0 spiro atoms. The second kappa shape index (κ2) is 4.52. The van der Waals surface area contributed by atoms with Gasteiger partial charge in [-0.2, -0.15) is 0 Å². The average molecular weight is 210 g/mol. The molecule has 0 aromatic heterocycles. The van der Waals surface area contributed by atoms with E-state index in [1.807, 2.05) is 0 Å². The highest BCUT2D eigenvalue weighted by atomic mass is 14.1. The zero-order chi connectivity index (χ0) is 11.5. The van der Waals surface area contributed by atoms with Crippen LogP contribution in [0.1, 0.15) is 37.8 Å². The van der Waals surface area contributed by atoms with Crippen molar-refractivity contribution in [3.05, 3.63) is 53.6 Å². The molecular formula is C16H18. The zero-order valence-electron chi connectivity index (χ0n) is 10.2. The molecule has 2 rings (SSSR count). The van der Waals surface area contributed by atoms with Crippen LogP contribution < -0.4 is 0 Å². The summed E-state index contributed by atoms with van der Waals surface area (Å²) in [4.78, 5) is 0. The Bertz CT molecular complexity index is 519. The van der Waals surface area contributed by atoms with Gasteiger partial charge in [-0.05, 0) is 34.7 Å². The number of hydrogen-bond donors (Lipinski definition) is 0. The highest BCUT2D eigenvalue weighted by Gasteiger charge is 2.06. The lowest BCUT2D eigenvalue weighted by Gasteiger charge is -2.11. The minimum Gasteiger partial charge on any atom is -0.0870 e. The first kappa shape index (κ1) is 10.9. The third-order valence-corrected chi connectivity index (χ3v) is 2.96. The maximum atomic E-state index is 2.25. The summed E-state index contributed by atoms with van der Waals surface area (Å²) in [7, 11) is 0. The molecule has 0 nitrogen and oxygen atoms in total. The Labute approximate surface area is 97.6 Å². The largest absolute Gasteiger partial charge is 0.0870 e. The van der Waals surface area contributed by atoms with Gasteiger partial charge in [0.05, 0.1) is 0 Å². The van der Waals surface area contributed by atoms with Gasteiger partial charge in [0.25, 0.3) is 0 Å². The minimum absolute atomic E-state index is 0.574. The summed E-state index contributed by atoms with van der Waals surface area (Å²) in [5.74, 6) is 0.574. The zero-order valence-corrected chi connectivity index (χ0v) is 10.2. The van der Waals surface area contributed by atoms with Crippen LogP contribution in [-0.4, -0.2) is 0 Å². The van der Waals surface area contributed by atoms with E-state index in [-0.39, 0.29) is 0 Å². The number of fused-ring (bicyclic) bond motifs is 1. The monoisotopic (exact) mass is 210 g/mol. The Hall–Kier alpha value is -1.56. The van der Waals surface area contributed by atoms with E-state index in [2.05, 4.69) is 69.3 Å². The maximum Gasteiger partial charge on any atom is -0.0109 e. The van der Waals surface area contributed by atoms with Crippen LogP contribution in [0.5, 0.6) is 0 Å². The van der Waals surface area contributed by atoms with Gasteiger partial charge in [-0.25, -0.2) is 0 Å². The van der Waals surface area contributed by atoms with Crippen LogP contribution in [0, 0.1) is 0 Å². The van der Waals surface area contributed by atoms with Gasteiger partial charge in [-0.3, -0.25) is 0 Å². The third kappa shape index (κ3) is 1.88. The molecule has 0 aliphatic carbocycles. The number of rotatable bonds is 2. The van der Waals surface area contributed by atoms with Crippen molar-refractivity contribution in [2.75, 3.05) is 0 Å². The van der Waals surface area contributed by atoms with Gasteiger partial charge in [-0.1, -0.05) is 62.4 Å². The first-order valence-corrected chi connectivity index (χ1v) is 5.88. The molecule has 2 aromatic carbocycles. The predicted molar refractivity (Wildman–Crippen MR) is 72.7 cm³/mol. The molecule has 0 aliphatic heterocycles. The first-order valence-electron chi connectivity index (χ1n) is 5.88. The normalized spacial score (nSPS) is 11.8. The summed E-state index contributed by atoms with van der Waals surface area (Å²) in [5.41, 5.74) is 2.74. The van der Waals surface area contributed by atoms with Crippen LogP contribution in [-0.2, 0) is 0 Å². The van der Waals surface area contributed by atoms with Gasteiger partial charge in [0, 0.05) is 0 Å². The van der Waals surface area contributed by atoms with Crippen molar-refractivity contribution < 1.29 is 0 Å². The molecule has 0 atom stereocenters. The maximum absolute atomic E-state index is 2.25. The van der Waals surface area contributed by atoms with Crippen molar-refractivity contribution in [2.45, 2.75) is 26.7 Å². The Morgan fingerprint density at radius 3 is 2.25 bits per heavy atom. The summed E-state index contributed by atoms with van der Waals surface area (Å²) in [6, 6.07) is 13.1. The molecule has 0 saturated heterocycles. The summed E-state index contributed by atoms with van der Waals surface area (Å²) in [6.45, 7) is 6.55. The van der Waals surface area contributed by atoms with Gasteiger partial charge in [0.15, 0.2) is 0 Å². The van der Waals surface area contributed by atoms with E-state index in [1.165, 1.54) is 21.9 Å². The van der Waals surface area contributed by atoms with Crippen LogP contribution >= 0.6 is 0 Å². The van der Waals surface area contributed by atoms with Crippen LogP contribution in [0.3, 0.4) is 0 Å². The van der Waals surface area contributed by atoms with Crippen molar-refractivity contribution >= 4 is 16.8 Å². The van der Waals surface area contributed by atoms with Crippen molar-refractivity contribution in [3.63, 3.8) is 0 Å². The minimum atomic E-state index is 0.574. The molecule has 0 unspecified atom stereocenters. The molecule has 16 heavy (non-hydrogen) atoms. The fourth-order valence-corrected chi connectivity index (χ4v) is 2.17. The molecule has 0 radical (unpaired) electrons. The Kier molecular flexibility index (Phi) is 3.09. The Morgan fingerprint density at radius 2 is 1.62 bits per heavy atom. The van der Waals surface area contributed by atoms with Crippen LogP contribution in [0.25, 0.3) is 16.8 Å². The van der Waals surface area contributed by atoms with Gasteiger partial charge >= 0.3 is 0 Å². The summed E-state index contributed by atoms with van der Waals surface area (Å²) in [5, 5.41) is 2.74. The van der Waals surface area contributed by atoms with E-state index in [9.17, 15) is 0 Å². The lowest BCUT2D eigenvalue weighted by Crippen LogP contribution is -1.90. The summed E-state index contributed by atoms with van der Waals surface area (Å²) >= 11 is 0. The molecule has 0 amide bonds. The van der Waals surface area contributed by atoms with E-state index >= 15 is 0 Å². The molecular weight excluding hydrogens is 192 g/mol. The molecule has 0 N–H and O–H groups in total. The highest BCUT2D eigenvalue weighted by molar-refractivity contribution is 5.93. The fraction of sp³-hybridized carbons (Fsp3) is 0.250. The van der Waals surface area contributed by atoms with Crippen LogP contribution in [0.4, 0.5) is 0 Å². The first-order chi connectivity index (χ1) is 7.74. The van der Waals surface area contributed by atoms with E-state index in [0.29, 0.717) is 5.92 Å². The number of allylic oxidation sites excluding steroid dienone is 1. The van der Waals surface area contributed by atoms with E-state index in [0.717, 1.165) is 0 Å². The molecule has 0 heteroatoms. The van der Waals surface area contributed by atoms with Crippen molar-refractivity contribution in [1.82, 2.24) is 0 Å². The molecule has 0 heterocycles. The van der Waals surface area contributed by atoms with Crippen LogP contribution in [0.2, 0.25) is 0 Å². The molecule has 0 saturated carbocycles. The summed E-state index contributed by atoms with van der Waals surface area (Å²) in [6.07, 6.45) is 4.27. The lowest BCUT2D eigenvalue weighted by molar-refractivity contribution is 0.876. The Morgan fingerprint density at radius 1 is 0.938 bits per heavy atom. The van der Waals surface area contributed by atoms with Crippen molar-refractivity contribution in [3.8, 4) is 0 Å². The van der Waals surface area contributed by atoms with E-state index in [4.69, 9.17) is 0 Å². The number of hydrogen-bond acceptors (Lipinski definition) is 0. The third-order valence-electron chi connectivity index (χ3n) is 2.96. The standard InChI is InChI=1S/C16H18/c1-4-7-13-10-11-14(12(2)3)16-9-6-5-8-15(13)16/h4-12H,1-3H3/b7-4+. The molecule has 82 valence electrons. The van der Waals surface area contributed by atoms with Gasteiger partial charge < -0.3 is 0 Å². The summed E-state index contributed by atoms with van der Waals surface area (Å²) < 4.78 is 0. The van der Waals surface area contributed by atoms with Gasteiger partial charge in [-0.15, -0.1) is 0 Å². The lowest BCUT2D eigenvalue weighted by atomic mass is 9.93. The number of benzene rings is 2. The average Bonchev–Trinajstić information content (AvgIpc) is 2.29.